The summed E-state index contributed by atoms with van der Waals surface area (Å²) in [5.41, 5.74) is -2.32. The molecule has 0 atom stereocenters. The number of ether oxygens (including phenoxy) is 2. The van der Waals surface area contributed by atoms with Crippen LogP contribution in [0.15, 0.2) is 42.5 Å². The van der Waals surface area contributed by atoms with E-state index in [4.69, 9.17) is 21.1 Å². The molecule has 2 heterocycles. The molecule has 3 fully saturated rings. The minimum absolute atomic E-state index is 0.0527. The molecule has 2 aromatic rings. The van der Waals surface area contributed by atoms with Gasteiger partial charge in [0.05, 0.1) is 22.7 Å². The molecule has 1 saturated carbocycles. The molecule has 3 aliphatic rings. The van der Waals surface area contributed by atoms with Crippen LogP contribution in [-0.4, -0.2) is 36.2 Å². The number of hydrogen-bond acceptors (Lipinski definition) is 4. The molecule has 182 valence electrons. The smallest absolute Gasteiger partial charge is 0.416 e. The number of rotatable bonds is 6. The zero-order valence-corrected chi connectivity index (χ0v) is 18.6. The van der Waals surface area contributed by atoms with E-state index in [9.17, 15) is 27.2 Å². The van der Waals surface area contributed by atoms with E-state index in [-0.39, 0.29) is 29.7 Å². The summed E-state index contributed by atoms with van der Waals surface area (Å²) in [4.78, 5) is 25.3. The van der Waals surface area contributed by atoms with Gasteiger partial charge in [0.25, 0.3) is 11.8 Å². The summed E-state index contributed by atoms with van der Waals surface area (Å²) in [6.07, 6.45) is -2.82. The second-order valence-electron chi connectivity index (χ2n) is 8.51. The van der Waals surface area contributed by atoms with Gasteiger partial charge in [-0.3, -0.25) is 9.59 Å². The largest absolute Gasteiger partial charge is 0.484 e. The summed E-state index contributed by atoms with van der Waals surface area (Å²) < 4.78 is 62.8. The minimum atomic E-state index is -4.46. The van der Waals surface area contributed by atoms with Crippen molar-refractivity contribution in [1.82, 2.24) is 5.32 Å². The Morgan fingerprint density at radius 1 is 1.06 bits per heavy atom. The third kappa shape index (κ3) is 5.12. The van der Waals surface area contributed by atoms with Crippen molar-refractivity contribution in [3.63, 3.8) is 0 Å². The molecule has 0 spiro atoms. The lowest BCUT2D eigenvalue weighted by molar-refractivity contribution is -0.177. The summed E-state index contributed by atoms with van der Waals surface area (Å²) >= 11 is 5.62. The number of nitrogens with one attached hydrogen (secondary N) is 2. The predicted octanol–water partition coefficient (Wildman–Crippen LogP) is 4.71. The summed E-state index contributed by atoms with van der Waals surface area (Å²) in [7, 11) is 0. The van der Waals surface area contributed by atoms with Crippen molar-refractivity contribution in [2.24, 2.45) is 0 Å². The lowest BCUT2D eigenvalue weighted by Gasteiger charge is -2.52. The van der Waals surface area contributed by atoms with Crippen LogP contribution in [0.3, 0.4) is 0 Å². The van der Waals surface area contributed by atoms with Crippen LogP contribution in [0.25, 0.3) is 0 Å². The first-order valence-corrected chi connectivity index (χ1v) is 10.9. The van der Waals surface area contributed by atoms with Crippen molar-refractivity contribution >= 4 is 29.1 Å². The Morgan fingerprint density at radius 2 is 1.74 bits per heavy atom. The van der Waals surface area contributed by atoms with E-state index in [0.717, 1.165) is 18.2 Å². The van der Waals surface area contributed by atoms with Crippen molar-refractivity contribution in [1.29, 1.82) is 0 Å². The van der Waals surface area contributed by atoms with Gasteiger partial charge >= 0.3 is 6.18 Å². The standard InChI is InChI=1S/C23H21ClF4N2O4/c24-17-6-5-16(11-18(17)25)33-12-19(31)30-21-7-9-22(10-8-21,34-13-21)20(32)29-15-3-1-14(2-4-15)23(26,27)28/h1-6,11H,7-10,12-13H2,(H,29,32)(H,30,31). The molecule has 1 aliphatic carbocycles. The molecule has 11 heteroatoms. The predicted molar refractivity (Wildman–Crippen MR) is 115 cm³/mol. The maximum Gasteiger partial charge on any atom is 0.416 e. The van der Waals surface area contributed by atoms with Crippen molar-refractivity contribution < 1.29 is 36.6 Å². The summed E-state index contributed by atoms with van der Waals surface area (Å²) in [5, 5.41) is 5.47. The van der Waals surface area contributed by atoms with E-state index < -0.39 is 40.5 Å². The van der Waals surface area contributed by atoms with Crippen molar-refractivity contribution in [3.8, 4) is 5.75 Å². The topological polar surface area (TPSA) is 76.7 Å². The molecule has 2 N–H and O–H groups in total. The van der Waals surface area contributed by atoms with Crippen LogP contribution in [0.4, 0.5) is 23.2 Å². The van der Waals surface area contributed by atoms with Crippen LogP contribution in [0.1, 0.15) is 31.2 Å². The monoisotopic (exact) mass is 500 g/mol. The quantitative estimate of drug-likeness (QED) is 0.563. The number of carbonyl (C=O) groups is 2. The number of carbonyl (C=O) groups excluding carboxylic acids is 2. The molecule has 0 radical (unpaired) electrons. The lowest BCUT2D eigenvalue weighted by atomic mass is 9.70. The van der Waals surface area contributed by atoms with Crippen LogP contribution in [0, 0.1) is 5.82 Å². The van der Waals surface area contributed by atoms with E-state index in [0.29, 0.717) is 25.7 Å². The lowest BCUT2D eigenvalue weighted by Crippen LogP contribution is -2.66. The van der Waals surface area contributed by atoms with Crippen LogP contribution in [0.5, 0.6) is 5.75 Å². The van der Waals surface area contributed by atoms with E-state index in [1.807, 2.05) is 0 Å². The summed E-state index contributed by atoms with van der Waals surface area (Å²) in [5.74, 6) is -1.34. The number of alkyl halides is 3. The van der Waals surface area contributed by atoms with Crippen LogP contribution < -0.4 is 15.4 Å². The maximum atomic E-state index is 13.5. The average Bonchev–Trinajstić information content (AvgIpc) is 2.80. The van der Waals surface area contributed by atoms with Gasteiger partial charge in [0.15, 0.2) is 6.61 Å². The normalized spacial score (nSPS) is 23.9. The fraction of sp³-hybridized carbons (Fsp3) is 0.391. The Balaban J connectivity index is 1.30. The molecule has 34 heavy (non-hydrogen) atoms. The number of fused-ring (bicyclic) bond motifs is 3. The summed E-state index contributed by atoms with van der Waals surface area (Å²) in [6.45, 7) is -0.225. The van der Waals surface area contributed by atoms with E-state index in [1.165, 1.54) is 24.3 Å². The van der Waals surface area contributed by atoms with E-state index >= 15 is 0 Å². The van der Waals surface area contributed by atoms with Gasteiger partial charge in [-0.1, -0.05) is 11.6 Å². The van der Waals surface area contributed by atoms with Gasteiger partial charge < -0.3 is 20.1 Å². The Bertz CT molecular complexity index is 1070. The molecule has 2 saturated heterocycles. The molecular weight excluding hydrogens is 480 g/mol. The first-order valence-electron chi connectivity index (χ1n) is 10.5. The van der Waals surface area contributed by atoms with Crippen molar-refractivity contribution in [2.45, 2.75) is 43.0 Å². The zero-order chi connectivity index (χ0) is 24.6. The number of anilines is 1. The highest BCUT2D eigenvalue weighted by molar-refractivity contribution is 6.30. The molecule has 2 bridgehead atoms. The van der Waals surface area contributed by atoms with E-state index in [1.54, 1.807) is 0 Å². The van der Waals surface area contributed by atoms with Gasteiger partial charge in [-0.25, -0.2) is 4.39 Å². The van der Waals surface area contributed by atoms with Crippen LogP contribution in [-0.2, 0) is 20.5 Å². The third-order valence-corrected chi connectivity index (χ3v) is 6.50. The van der Waals surface area contributed by atoms with E-state index in [2.05, 4.69) is 10.6 Å². The highest BCUT2D eigenvalue weighted by atomic mass is 35.5. The molecule has 5 rings (SSSR count). The average molecular weight is 501 g/mol. The fourth-order valence-corrected chi connectivity index (χ4v) is 4.30. The Hall–Kier alpha value is -2.85. The molecule has 2 amide bonds. The Labute approximate surface area is 197 Å². The van der Waals surface area contributed by atoms with Gasteiger partial charge in [-0.2, -0.15) is 13.2 Å². The van der Waals surface area contributed by atoms with Crippen molar-refractivity contribution in [2.75, 3.05) is 18.5 Å². The van der Waals surface area contributed by atoms with Crippen LogP contribution in [0.2, 0.25) is 5.02 Å². The number of hydrogen-bond donors (Lipinski definition) is 2. The zero-order valence-electron chi connectivity index (χ0n) is 17.8. The van der Waals surface area contributed by atoms with Gasteiger partial charge in [0.1, 0.15) is 17.2 Å². The van der Waals surface area contributed by atoms with Gasteiger partial charge in [-0.15, -0.1) is 0 Å². The molecular formula is C23H21ClF4N2O4. The molecule has 0 aromatic heterocycles. The molecule has 6 nitrogen and oxygen atoms in total. The first-order chi connectivity index (χ1) is 16.0. The molecule has 2 aliphatic heterocycles. The fourth-order valence-electron chi connectivity index (χ4n) is 4.19. The molecule has 0 unspecified atom stereocenters. The Kier molecular flexibility index (Phi) is 6.48. The van der Waals surface area contributed by atoms with Crippen LogP contribution >= 0.6 is 11.6 Å². The van der Waals surface area contributed by atoms with Gasteiger partial charge in [0.2, 0.25) is 0 Å². The first kappa shape index (κ1) is 24.3. The van der Waals surface area contributed by atoms with Gasteiger partial charge in [-0.05, 0) is 62.1 Å². The molecule has 2 aromatic carbocycles. The summed E-state index contributed by atoms with van der Waals surface area (Å²) in [6, 6.07) is 8.05. The maximum absolute atomic E-state index is 13.5. The number of amides is 2. The third-order valence-electron chi connectivity index (χ3n) is 6.19. The second-order valence-corrected chi connectivity index (χ2v) is 8.91. The second kappa shape index (κ2) is 9.07. The Morgan fingerprint density at radius 3 is 2.29 bits per heavy atom. The highest BCUT2D eigenvalue weighted by Crippen LogP contribution is 2.44. The minimum Gasteiger partial charge on any atom is -0.484 e. The highest BCUT2D eigenvalue weighted by Gasteiger charge is 2.54. The number of benzene rings is 2. The van der Waals surface area contributed by atoms with Gasteiger partial charge in [0, 0.05) is 11.8 Å². The SMILES string of the molecule is O=C(COc1ccc(Cl)c(F)c1)NC12CCC(C(=O)Nc3ccc(C(F)(F)F)cc3)(CC1)OC2. The number of halogens is 5. The van der Waals surface area contributed by atoms with Crippen molar-refractivity contribution in [3.05, 3.63) is 58.9 Å².